The molecule has 0 bridgehead atoms. The van der Waals surface area contributed by atoms with Gasteiger partial charge in [-0.25, -0.2) is 0 Å². The average molecular weight is 185 g/mol. The molecule has 0 amide bonds. The number of benzene rings is 1. The molecule has 1 nitrogen and oxygen atoms in total. The molecule has 1 spiro atoms. The van der Waals surface area contributed by atoms with E-state index in [2.05, 4.69) is 42.6 Å². The highest BCUT2D eigenvalue weighted by Gasteiger charge is 2.42. The minimum Gasteiger partial charge on any atom is -0.314 e. The van der Waals surface area contributed by atoms with Crippen LogP contribution in [0.5, 0.6) is 0 Å². The topological polar surface area (TPSA) is 12.0 Å². The number of hydrogen-bond acceptors (Lipinski definition) is 1. The zero-order chi connectivity index (χ0) is 9.60. The molecule has 3 rings (SSSR count). The van der Waals surface area contributed by atoms with Crippen LogP contribution in [0, 0.1) is 0 Å². The Balaban J connectivity index is 2.18. The van der Waals surface area contributed by atoms with Crippen LogP contribution < -0.4 is 5.32 Å². The molecule has 1 aromatic rings. The molecule has 0 radical (unpaired) electrons. The Morgan fingerprint density at radius 3 is 2.71 bits per heavy atom. The van der Waals surface area contributed by atoms with Crippen molar-refractivity contribution in [2.24, 2.45) is 0 Å². The van der Waals surface area contributed by atoms with Crippen molar-refractivity contribution in [1.29, 1.82) is 0 Å². The standard InChI is InChI=1S/C13H15N/c1-2-10-7-13(8-14-9-13)12-6-4-3-5-11(10)12/h3-7,14H,2,8-9H2,1H3. The van der Waals surface area contributed by atoms with Gasteiger partial charge in [-0.1, -0.05) is 37.3 Å². The molecular weight excluding hydrogens is 170 g/mol. The quantitative estimate of drug-likeness (QED) is 0.708. The molecule has 1 heterocycles. The van der Waals surface area contributed by atoms with Crippen LogP contribution in [0.15, 0.2) is 30.3 Å². The van der Waals surface area contributed by atoms with Crippen LogP contribution in [-0.2, 0) is 5.41 Å². The largest absolute Gasteiger partial charge is 0.314 e. The lowest BCUT2D eigenvalue weighted by Gasteiger charge is -2.39. The monoisotopic (exact) mass is 185 g/mol. The zero-order valence-corrected chi connectivity index (χ0v) is 8.51. The highest BCUT2D eigenvalue weighted by Crippen LogP contribution is 2.43. The third-order valence-electron chi connectivity index (χ3n) is 3.52. The lowest BCUT2D eigenvalue weighted by Crippen LogP contribution is -2.54. The molecule has 0 saturated carbocycles. The summed E-state index contributed by atoms with van der Waals surface area (Å²) < 4.78 is 0. The lowest BCUT2D eigenvalue weighted by atomic mass is 9.77. The molecule has 1 aliphatic heterocycles. The van der Waals surface area contributed by atoms with Crippen molar-refractivity contribution in [1.82, 2.24) is 5.32 Å². The normalized spacial score (nSPS) is 21.6. The maximum Gasteiger partial charge on any atom is 0.0393 e. The lowest BCUT2D eigenvalue weighted by molar-refractivity contribution is 0.352. The molecule has 0 aromatic heterocycles. The van der Waals surface area contributed by atoms with Crippen LogP contribution >= 0.6 is 0 Å². The van der Waals surface area contributed by atoms with E-state index in [1.165, 1.54) is 16.7 Å². The Morgan fingerprint density at radius 2 is 2.07 bits per heavy atom. The predicted molar refractivity (Wildman–Crippen MR) is 59.3 cm³/mol. The smallest absolute Gasteiger partial charge is 0.0393 e. The van der Waals surface area contributed by atoms with Crippen LogP contribution in [0.25, 0.3) is 5.57 Å². The molecule has 0 atom stereocenters. The van der Waals surface area contributed by atoms with Crippen LogP contribution in [0.2, 0.25) is 0 Å². The maximum atomic E-state index is 3.38. The number of rotatable bonds is 1. The van der Waals surface area contributed by atoms with Gasteiger partial charge in [-0.05, 0) is 23.1 Å². The minimum absolute atomic E-state index is 0.349. The van der Waals surface area contributed by atoms with Crippen molar-refractivity contribution in [3.63, 3.8) is 0 Å². The summed E-state index contributed by atoms with van der Waals surface area (Å²) in [6, 6.07) is 8.85. The van der Waals surface area contributed by atoms with E-state index in [9.17, 15) is 0 Å². The second-order valence-electron chi connectivity index (χ2n) is 4.33. The van der Waals surface area contributed by atoms with Gasteiger partial charge in [0, 0.05) is 18.5 Å². The van der Waals surface area contributed by atoms with Crippen molar-refractivity contribution in [2.75, 3.05) is 13.1 Å². The highest BCUT2D eigenvalue weighted by molar-refractivity contribution is 5.77. The summed E-state index contributed by atoms with van der Waals surface area (Å²) in [5.74, 6) is 0. The first kappa shape index (κ1) is 8.25. The van der Waals surface area contributed by atoms with E-state index in [-0.39, 0.29) is 0 Å². The molecule has 1 aromatic carbocycles. The molecule has 14 heavy (non-hydrogen) atoms. The SMILES string of the molecule is CCC1=CC2(CNC2)c2ccccc21. The third kappa shape index (κ3) is 0.881. The van der Waals surface area contributed by atoms with Crippen molar-refractivity contribution in [3.8, 4) is 0 Å². The van der Waals surface area contributed by atoms with Gasteiger partial charge in [0.1, 0.15) is 0 Å². The average Bonchev–Trinajstić information content (AvgIpc) is 2.52. The molecule has 72 valence electrons. The third-order valence-corrected chi connectivity index (χ3v) is 3.52. The van der Waals surface area contributed by atoms with E-state index in [0.717, 1.165) is 19.5 Å². The molecule has 1 heteroatoms. The van der Waals surface area contributed by atoms with Crippen molar-refractivity contribution >= 4 is 5.57 Å². The highest BCUT2D eigenvalue weighted by atomic mass is 15.0. The molecule has 2 aliphatic rings. The Morgan fingerprint density at radius 1 is 1.29 bits per heavy atom. The Bertz CT molecular complexity index is 399. The number of allylic oxidation sites excluding steroid dienone is 1. The van der Waals surface area contributed by atoms with E-state index in [1.807, 2.05) is 0 Å². The van der Waals surface area contributed by atoms with E-state index in [4.69, 9.17) is 0 Å². The molecule has 0 unspecified atom stereocenters. The number of hydrogen-bond donors (Lipinski definition) is 1. The van der Waals surface area contributed by atoms with Crippen LogP contribution in [0.1, 0.15) is 24.5 Å². The maximum absolute atomic E-state index is 3.38. The van der Waals surface area contributed by atoms with Gasteiger partial charge in [0.05, 0.1) is 0 Å². The van der Waals surface area contributed by atoms with Crippen LogP contribution in [0.3, 0.4) is 0 Å². The Kier molecular flexibility index (Phi) is 1.59. The second-order valence-corrected chi connectivity index (χ2v) is 4.33. The Hall–Kier alpha value is -1.08. The summed E-state index contributed by atoms with van der Waals surface area (Å²) in [4.78, 5) is 0. The fourth-order valence-electron chi connectivity index (χ4n) is 2.67. The van der Waals surface area contributed by atoms with Crippen molar-refractivity contribution < 1.29 is 0 Å². The fourth-order valence-corrected chi connectivity index (χ4v) is 2.67. The summed E-state index contributed by atoms with van der Waals surface area (Å²) in [6.45, 7) is 4.48. The van der Waals surface area contributed by atoms with Gasteiger partial charge >= 0.3 is 0 Å². The van der Waals surface area contributed by atoms with Crippen LogP contribution in [-0.4, -0.2) is 13.1 Å². The van der Waals surface area contributed by atoms with Gasteiger partial charge in [0.2, 0.25) is 0 Å². The summed E-state index contributed by atoms with van der Waals surface area (Å²) >= 11 is 0. The number of nitrogens with one attached hydrogen (secondary N) is 1. The van der Waals surface area contributed by atoms with Gasteiger partial charge in [-0.3, -0.25) is 0 Å². The summed E-state index contributed by atoms with van der Waals surface area (Å²) in [7, 11) is 0. The summed E-state index contributed by atoms with van der Waals surface area (Å²) in [6.07, 6.45) is 3.63. The van der Waals surface area contributed by atoms with E-state index >= 15 is 0 Å². The van der Waals surface area contributed by atoms with Gasteiger partial charge in [0.15, 0.2) is 0 Å². The first-order valence-electron chi connectivity index (χ1n) is 5.38. The second kappa shape index (κ2) is 2.71. The van der Waals surface area contributed by atoms with Crippen molar-refractivity contribution in [2.45, 2.75) is 18.8 Å². The van der Waals surface area contributed by atoms with Gasteiger partial charge in [-0.2, -0.15) is 0 Å². The summed E-state index contributed by atoms with van der Waals surface area (Å²) in [5, 5.41) is 3.38. The molecule has 1 N–H and O–H groups in total. The Labute approximate surface area is 84.8 Å². The zero-order valence-electron chi connectivity index (χ0n) is 8.51. The van der Waals surface area contributed by atoms with Crippen molar-refractivity contribution in [3.05, 3.63) is 41.5 Å². The van der Waals surface area contributed by atoms with E-state index in [0.29, 0.717) is 5.41 Å². The summed E-state index contributed by atoms with van der Waals surface area (Å²) in [5.41, 5.74) is 4.90. The molecule has 1 fully saturated rings. The first-order chi connectivity index (χ1) is 6.86. The first-order valence-corrected chi connectivity index (χ1v) is 5.38. The predicted octanol–water partition coefficient (Wildman–Crippen LogP) is 2.33. The van der Waals surface area contributed by atoms with Gasteiger partial charge in [-0.15, -0.1) is 0 Å². The minimum atomic E-state index is 0.349. The van der Waals surface area contributed by atoms with E-state index in [1.54, 1.807) is 0 Å². The van der Waals surface area contributed by atoms with E-state index < -0.39 is 0 Å². The number of fused-ring (bicyclic) bond motifs is 2. The van der Waals surface area contributed by atoms with Crippen LogP contribution in [0.4, 0.5) is 0 Å². The molecule has 1 saturated heterocycles. The van der Waals surface area contributed by atoms with Gasteiger partial charge < -0.3 is 5.32 Å². The fraction of sp³-hybridized carbons (Fsp3) is 0.385. The molecular formula is C13H15N. The molecule has 1 aliphatic carbocycles. The van der Waals surface area contributed by atoms with Gasteiger partial charge in [0.25, 0.3) is 0 Å².